The van der Waals surface area contributed by atoms with E-state index in [0.717, 1.165) is 60.3 Å². The van der Waals surface area contributed by atoms with Crippen LogP contribution in [0.25, 0.3) is 5.69 Å². The highest BCUT2D eigenvalue weighted by molar-refractivity contribution is 6.30. The van der Waals surface area contributed by atoms with Gasteiger partial charge < -0.3 is 4.90 Å². The van der Waals surface area contributed by atoms with Crippen molar-refractivity contribution in [3.63, 3.8) is 0 Å². The second-order valence-corrected chi connectivity index (χ2v) is 11.8. The van der Waals surface area contributed by atoms with Crippen molar-refractivity contribution in [3.8, 4) is 5.69 Å². The van der Waals surface area contributed by atoms with E-state index in [1.165, 1.54) is 0 Å². The summed E-state index contributed by atoms with van der Waals surface area (Å²) < 4.78 is 31.6. The monoisotopic (exact) mass is 510 g/mol. The minimum absolute atomic E-state index is 0.263. The lowest BCUT2D eigenvalue weighted by atomic mass is 9.57. The van der Waals surface area contributed by atoms with Crippen LogP contribution in [-0.4, -0.2) is 50.2 Å². The van der Waals surface area contributed by atoms with Crippen molar-refractivity contribution in [1.29, 1.82) is 0 Å². The van der Waals surface area contributed by atoms with E-state index in [1.54, 1.807) is 0 Å². The van der Waals surface area contributed by atoms with Crippen LogP contribution in [0, 0.1) is 18.3 Å². The Hall–Kier alpha value is -2.58. The predicted octanol–water partition coefficient (Wildman–Crippen LogP) is 5.37. The molecule has 6 nitrogen and oxygen atoms in total. The number of rotatable bonds is 5. The molecule has 4 aliphatic rings. The molecular formula is C27H29ClF2N6. The van der Waals surface area contributed by atoms with Gasteiger partial charge >= 0.3 is 0 Å². The molecule has 3 aromatic rings. The molecule has 2 aliphatic carbocycles. The summed E-state index contributed by atoms with van der Waals surface area (Å²) in [5.74, 6) is -0.133. The summed E-state index contributed by atoms with van der Waals surface area (Å²) in [7, 11) is 0. The van der Waals surface area contributed by atoms with Gasteiger partial charge in [-0.15, -0.1) is 10.2 Å². The Balaban J connectivity index is 1.13. The van der Waals surface area contributed by atoms with Crippen molar-refractivity contribution in [2.45, 2.75) is 57.5 Å². The maximum absolute atomic E-state index is 14.7. The third kappa shape index (κ3) is 3.80. The van der Waals surface area contributed by atoms with Gasteiger partial charge in [0.1, 0.15) is 11.6 Å². The summed E-state index contributed by atoms with van der Waals surface area (Å²) >= 11 is 6.33. The molecular weight excluding hydrogens is 482 g/mol. The molecule has 0 atom stereocenters. The zero-order valence-corrected chi connectivity index (χ0v) is 21.1. The molecule has 9 heteroatoms. The van der Waals surface area contributed by atoms with Crippen LogP contribution in [0.15, 0.2) is 36.4 Å². The zero-order chi connectivity index (χ0) is 24.7. The lowest BCUT2D eigenvalue weighted by Crippen LogP contribution is -2.62. The summed E-state index contributed by atoms with van der Waals surface area (Å²) in [6.45, 7) is 4.56. The lowest BCUT2D eigenvalue weighted by Gasteiger charge is -2.59. The highest BCUT2D eigenvalue weighted by Gasteiger charge is 2.54. The summed E-state index contributed by atoms with van der Waals surface area (Å²) in [5.41, 5.74) is 3.25. The largest absolute Gasteiger partial charge is 0.355 e. The first-order valence-corrected chi connectivity index (χ1v) is 13.2. The summed E-state index contributed by atoms with van der Waals surface area (Å²) in [5, 5.41) is 9.75. The van der Waals surface area contributed by atoms with Crippen LogP contribution in [-0.2, 0) is 13.1 Å². The summed E-state index contributed by atoms with van der Waals surface area (Å²) in [6, 6.07) is 11.9. The number of aryl methyl sites for hydroxylation is 1. The Labute approximate surface area is 214 Å². The average molecular weight is 511 g/mol. The molecule has 188 valence electrons. The van der Waals surface area contributed by atoms with E-state index in [0.29, 0.717) is 42.3 Å². The van der Waals surface area contributed by atoms with Gasteiger partial charge in [0.25, 0.3) is 5.92 Å². The van der Waals surface area contributed by atoms with Gasteiger partial charge in [0, 0.05) is 47.6 Å². The Bertz CT molecular complexity index is 1320. The van der Waals surface area contributed by atoms with Gasteiger partial charge in [-0.25, -0.2) is 13.8 Å². The van der Waals surface area contributed by atoms with Crippen LogP contribution in [0.2, 0.25) is 5.02 Å². The maximum Gasteiger partial charge on any atom is 0.263 e. The van der Waals surface area contributed by atoms with E-state index >= 15 is 0 Å². The Morgan fingerprint density at radius 1 is 1.08 bits per heavy atom. The topological polar surface area (TPSA) is 50.1 Å². The number of pyridine rings is 1. The van der Waals surface area contributed by atoms with Crippen LogP contribution in [0.1, 0.15) is 54.5 Å². The predicted molar refractivity (Wildman–Crippen MR) is 134 cm³/mol. The SMILES string of the molecule is Cc1cccc(N2CC3(CC(c4nnc5n4-c4ccc(Cl)cc4CN(CC(F)(F)C4CC4)C5)C3)C2)n1. The fourth-order valence-electron chi connectivity index (χ4n) is 6.46. The van der Waals surface area contributed by atoms with Crippen molar-refractivity contribution in [1.82, 2.24) is 24.6 Å². The molecule has 2 aromatic heterocycles. The highest BCUT2D eigenvalue weighted by Crippen LogP contribution is 2.56. The molecule has 2 aliphatic heterocycles. The van der Waals surface area contributed by atoms with E-state index < -0.39 is 11.8 Å². The Kier molecular flexibility index (Phi) is 5.00. The number of fused-ring (bicyclic) bond motifs is 3. The molecule has 3 fully saturated rings. The Morgan fingerprint density at radius 3 is 2.64 bits per heavy atom. The van der Waals surface area contributed by atoms with Crippen molar-refractivity contribution in [2.75, 3.05) is 24.5 Å². The fraction of sp³-hybridized carbons (Fsp3) is 0.519. The van der Waals surface area contributed by atoms with Crippen molar-refractivity contribution < 1.29 is 8.78 Å². The number of hydrogen-bond donors (Lipinski definition) is 0. The number of benzene rings is 1. The quantitative estimate of drug-likeness (QED) is 0.462. The van der Waals surface area contributed by atoms with Gasteiger partial charge in [0.15, 0.2) is 5.82 Å². The van der Waals surface area contributed by atoms with E-state index in [9.17, 15) is 8.78 Å². The summed E-state index contributed by atoms with van der Waals surface area (Å²) in [6.07, 6.45) is 3.34. The molecule has 7 rings (SSSR count). The van der Waals surface area contributed by atoms with Gasteiger partial charge in [-0.05, 0) is 68.5 Å². The first-order valence-electron chi connectivity index (χ1n) is 12.8. The molecule has 1 spiro atoms. The number of hydrogen-bond acceptors (Lipinski definition) is 5. The molecule has 0 bridgehead atoms. The van der Waals surface area contributed by atoms with Crippen LogP contribution >= 0.6 is 11.6 Å². The first-order chi connectivity index (χ1) is 17.3. The van der Waals surface area contributed by atoms with E-state index in [4.69, 9.17) is 11.6 Å². The number of alkyl halides is 2. The van der Waals surface area contributed by atoms with Crippen LogP contribution in [0.4, 0.5) is 14.6 Å². The van der Waals surface area contributed by atoms with E-state index in [2.05, 4.69) is 36.8 Å². The third-order valence-corrected chi connectivity index (χ3v) is 8.61. The first kappa shape index (κ1) is 22.6. The summed E-state index contributed by atoms with van der Waals surface area (Å²) in [4.78, 5) is 8.83. The van der Waals surface area contributed by atoms with Crippen LogP contribution < -0.4 is 4.90 Å². The maximum atomic E-state index is 14.7. The van der Waals surface area contributed by atoms with E-state index in [-0.39, 0.29) is 6.54 Å². The number of anilines is 1. The van der Waals surface area contributed by atoms with Crippen molar-refractivity contribution in [3.05, 3.63) is 64.3 Å². The molecule has 1 aromatic carbocycles. The molecule has 0 N–H and O–H groups in total. The second-order valence-electron chi connectivity index (χ2n) is 11.4. The van der Waals surface area contributed by atoms with Gasteiger partial charge in [-0.1, -0.05) is 17.7 Å². The average Bonchev–Trinajstić information content (AvgIpc) is 3.57. The fourth-order valence-corrected chi connectivity index (χ4v) is 6.65. The minimum atomic E-state index is -2.68. The normalized spacial score (nSPS) is 21.5. The molecule has 1 saturated heterocycles. The standard InChI is InChI=1S/C27H29ClF2N6/c1-17-3-2-4-23(31-17)35-14-26(15-35)10-19(11-26)25-33-32-24-13-34(16-27(29,30)20-5-6-20)12-18-9-21(28)7-8-22(18)36(24)25/h2-4,7-9,19-20H,5-6,10-16H2,1H3. The van der Waals surface area contributed by atoms with Crippen LogP contribution in [0.5, 0.6) is 0 Å². The molecule has 4 heterocycles. The van der Waals surface area contributed by atoms with Gasteiger partial charge in [0.2, 0.25) is 0 Å². The van der Waals surface area contributed by atoms with Gasteiger partial charge in [0.05, 0.1) is 18.8 Å². The minimum Gasteiger partial charge on any atom is -0.355 e. The third-order valence-electron chi connectivity index (χ3n) is 8.38. The van der Waals surface area contributed by atoms with Crippen LogP contribution in [0.3, 0.4) is 0 Å². The zero-order valence-electron chi connectivity index (χ0n) is 20.3. The molecule has 0 amide bonds. The molecule has 0 radical (unpaired) electrons. The van der Waals surface area contributed by atoms with Crippen molar-refractivity contribution in [2.24, 2.45) is 11.3 Å². The van der Waals surface area contributed by atoms with Gasteiger partial charge in [-0.3, -0.25) is 9.47 Å². The highest BCUT2D eigenvalue weighted by atomic mass is 35.5. The second kappa shape index (κ2) is 7.96. The number of aromatic nitrogens is 4. The number of halogens is 3. The van der Waals surface area contributed by atoms with Gasteiger partial charge in [-0.2, -0.15) is 0 Å². The lowest BCUT2D eigenvalue weighted by molar-refractivity contribution is -0.0558. The molecule has 2 saturated carbocycles. The Morgan fingerprint density at radius 2 is 1.89 bits per heavy atom. The molecule has 36 heavy (non-hydrogen) atoms. The molecule has 0 unspecified atom stereocenters. The number of nitrogens with zero attached hydrogens (tertiary/aromatic N) is 6. The van der Waals surface area contributed by atoms with Crippen molar-refractivity contribution >= 4 is 17.4 Å². The van der Waals surface area contributed by atoms with E-state index in [1.807, 2.05) is 36.1 Å². The smallest absolute Gasteiger partial charge is 0.263 e.